The third-order valence-electron chi connectivity index (χ3n) is 20.4. The predicted molar refractivity (Wildman–Crippen MR) is 438 cm³/mol. The van der Waals surface area contributed by atoms with Crippen molar-refractivity contribution in [2.75, 3.05) is 39.3 Å². The number of aliphatic hydroxyl groups is 1. The summed E-state index contributed by atoms with van der Waals surface area (Å²) >= 11 is 0. The summed E-state index contributed by atoms with van der Waals surface area (Å²) < 4.78 is 0. The zero-order valence-corrected chi connectivity index (χ0v) is 67.5. The van der Waals surface area contributed by atoms with E-state index in [1.165, 1.54) is 32.1 Å². The summed E-state index contributed by atoms with van der Waals surface area (Å²) in [6.45, 7) is 9.56. The fourth-order valence-electron chi connectivity index (χ4n) is 13.7. The van der Waals surface area contributed by atoms with E-state index in [1.807, 2.05) is 18.2 Å². The van der Waals surface area contributed by atoms with Crippen LogP contribution in [0.1, 0.15) is 226 Å². The van der Waals surface area contributed by atoms with Gasteiger partial charge in [0.2, 0.25) is 59.1 Å². The molecule has 0 bridgehead atoms. The molecule has 10 amide bonds. The molecule has 0 radical (unpaired) electrons. The lowest BCUT2D eigenvalue weighted by Gasteiger charge is -2.33. The van der Waals surface area contributed by atoms with Crippen molar-refractivity contribution in [3.05, 3.63) is 36.0 Å². The number of aliphatic hydroxyl groups excluding tert-OH is 1. The molecule has 638 valence electrons. The van der Waals surface area contributed by atoms with Crippen LogP contribution in [0.3, 0.4) is 0 Å². The summed E-state index contributed by atoms with van der Waals surface area (Å²) in [6, 6.07) is -5.13. The van der Waals surface area contributed by atoms with Crippen LogP contribution < -0.4 is 111 Å². The van der Waals surface area contributed by atoms with Crippen molar-refractivity contribution in [2.24, 2.45) is 90.1 Å². The number of ketones is 1. The third kappa shape index (κ3) is 39.9. The molecule has 1 fully saturated rings. The van der Waals surface area contributed by atoms with Gasteiger partial charge in [0, 0.05) is 62.0 Å². The van der Waals surface area contributed by atoms with Crippen LogP contribution >= 0.6 is 0 Å². The Morgan fingerprint density at radius 1 is 0.496 bits per heavy atom. The average molecular weight is 1590 g/mol. The summed E-state index contributed by atoms with van der Waals surface area (Å²) in [4.78, 5) is 170. The zero-order chi connectivity index (χ0) is 83.8. The molecule has 3 rings (SSSR count). The van der Waals surface area contributed by atoms with Crippen molar-refractivity contribution in [2.45, 2.75) is 294 Å². The number of hydrogen-bond donors (Lipinski definition) is 22. The lowest BCUT2D eigenvalue weighted by Crippen LogP contribution is -2.60. The van der Waals surface area contributed by atoms with Crippen LogP contribution in [0.25, 0.3) is 10.9 Å². The number of Topliss-reactive ketones (excluding diaryl/α,β-unsaturated/α-hetero) is 1. The van der Waals surface area contributed by atoms with E-state index < -0.39 is 156 Å². The van der Waals surface area contributed by atoms with Crippen LogP contribution in [0.2, 0.25) is 0 Å². The van der Waals surface area contributed by atoms with Gasteiger partial charge in [-0.1, -0.05) is 143 Å². The molecular weight excluding hydrogens is 1450 g/mol. The van der Waals surface area contributed by atoms with Crippen molar-refractivity contribution in [1.29, 1.82) is 0 Å². The summed E-state index contributed by atoms with van der Waals surface area (Å²) in [5.41, 5.74) is 57.6. The number of unbranched alkanes of at least 4 members (excludes halogenated alkanes) is 9. The Morgan fingerprint density at radius 3 is 1.50 bits per heavy atom. The molecule has 113 heavy (non-hydrogen) atoms. The van der Waals surface area contributed by atoms with Gasteiger partial charge in [0.1, 0.15) is 42.5 Å². The van der Waals surface area contributed by atoms with E-state index in [0.717, 1.165) is 63.3 Å². The number of aromatic amines is 1. The molecule has 36 nitrogen and oxygen atoms in total. The Labute approximate surface area is 666 Å². The SMILES string of the molecule is CCCCCCCCCCCNC(CC1CCCCC1)C(O)NC(CCC(N)=O)C(=O)NC(Cc1c[nH]c2ccccc12)C(=O)NC(CCC(N)=O)C(=O)NC(CCCN=C(N)N)C(=O)CNC(C(=O)NC(CCCN=C(N)N)C(=O)NC(CCCCN)C(=O)NC(C(=O)NC(CCCN=C(N)N)C(N)=O)C(C)C)C(C)CC. The summed E-state index contributed by atoms with van der Waals surface area (Å²) in [7, 11) is 0. The maximum atomic E-state index is 15.1. The lowest BCUT2D eigenvalue weighted by atomic mass is 9.84. The maximum absolute atomic E-state index is 15.1. The second-order valence-corrected chi connectivity index (χ2v) is 30.2. The van der Waals surface area contributed by atoms with E-state index in [2.05, 4.69) is 80.1 Å². The van der Waals surface area contributed by atoms with E-state index in [1.54, 1.807) is 40.0 Å². The minimum atomic E-state index is -1.59. The Hall–Kier alpha value is -9.26. The van der Waals surface area contributed by atoms with Crippen LogP contribution in [0.5, 0.6) is 0 Å². The monoisotopic (exact) mass is 1590 g/mol. The summed E-state index contributed by atoms with van der Waals surface area (Å²) in [5.74, 6) is -10.0. The van der Waals surface area contributed by atoms with Crippen LogP contribution in [0, 0.1) is 17.8 Å². The van der Waals surface area contributed by atoms with Crippen molar-refractivity contribution in [3.63, 3.8) is 0 Å². The molecule has 1 heterocycles. The van der Waals surface area contributed by atoms with E-state index in [0.29, 0.717) is 49.1 Å². The van der Waals surface area contributed by atoms with E-state index in [-0.39, 0.29) is 115 Å². The lowest BCUT2D eigenvalue weighted by molar-refractivity contribution is -0.135. The number of para-hydroxylation sites is 1. The molecule has 36 heteroatoms. The maximum Gasteiger partial charge on any atom is 0.243 e. The Kier molecular flexibility index (Phi) is 47.9. The van der Waals surface area contributed by atoms with E-state index in [9.17, 15) is 53.1 Å². The van der Waals surface area contributed by atoms with Crippen LogP contribution in [0.15, 0.2) is 45.4 Å². The van der Waals surface area contributed by atoms with Crippen LogP contribution in [0.4, 0.5) is 0 Å². The number of aliphatic imine (C=N–C) groups is 3. The highest BCUT2D eigenvalue weighted by molar-refractivity contribution is 5.98. The summed E-state index contributed by atoms with van der Waals surface area (Å²) in [6.07, 6.45) is 16.8. The van der Waals surface area contributed by atoms with Gasteiger partial charge in [-0.25, -0.2) is 0 Å². The molecule has 1 aromatic carbocycles. The number of carbonyl (C=O) groups is 11. The largest absolute Gasteiger partial charge is 0.377 e. The van der Waals surface area contributed by atoms with Crippen molar-refractivity contribution in [3.8, 4) is 0 Å². The Morgan fingerprint density at radius 2 is 0.956 bits per heavy atom. The van der Waals surface area contributed by atoms with Gasteiger partial charge < -0.3 is 110 Å². The number of primary amides is 3. The van der Waals surface area contributed by atoms with Gasteiger partial charge in [-0.2, -0.15) is 0 Å². The molecule has 32 N–H and O–H groups in total. The number of guanidine groups is 3. The van der Waals surface area contributed by atoms with E-state index in [4.69, 9.17) is 57.3 Å². The molecule has 12 unspecified atom stereocenters. The smallest absolute Gasteiger partial charge is 0.243 e. The number of amides is 10. The molecule has 0 spiro atoms. The van der Waals surface area contributed by atoms with Gasteiger partial charge in [-0.3, -0.25) is 78.4 Å². The Bertz CT molecular complexity index is 3340. The molecule has 0 aliphatic heterocycles. The number of benzene rings is 1. The summed E-state index contributed by atoms with van der Waals surface area (Å²) in [5, 5.41) is 41.8. The Balaban J connectivity index is 2.01. The molecule has 1 aromatic heterocycles. The highest BCUT2D eigenvalue weighted by atomic mass is 16.3. The first-order valence-electron chi connectivity index (χ1n) is 40.7. The third-order valence-corrected chi connectivity index (χ3v) is 20.4. The van der Waals surface area contributed by atoms with Crippen molar-refractivity contribution >= 4 is 93.6 Å². The number of nitrogens with one attached hydrogen (secondary N) is 11. The zero-order valence-electron chi connectivity index (χ0n) is 67.5. The normalized spacial score (nSPS) is 15.5. The van der Waals surface area contributed by atoms with Gasteiger partial charge in [-0.15, -0.1) is 0 Å². The second kappa shape index (κ2) is 55.2. The fourth-order valence-corrected chi connectivity index (χ4v) is 13.7. The number of carbonyl (C=O) groups excluding carboxylic acids is 11. The number of aromatic nitrogens is 1. The van der Waals surface area contributed by atoms with Crippen LogP contribution in [-0.4, -0.2) is 199 Å². The minimum absolute atomic E-state index is 0.00454. The predicted octanol–water partition coefficient (Wildman–Crippen LogP) is -0.624. The standard InChI is InChI=1S/C77H138N24O12/c1-6-8-9-10-11-12-13-14-22-39-88-59(43-49-26-16-15-17-27-49)71(110)97-58(35-37-63(80)104)69(108)100-60(44-50-45-92-52-29-19-18-28-51(50)52)72(111)98-57(34-36-62(79)103)68(107)94-53(31-23-40-89-75(82)83)61(102)46-93-65(48(5)7-2)74(113)99-56(33-25-42-91-77(86)87)67(106)96-55(30-20-21-38-78)70(109)101-64(47(3)4)73(112)95-54(66(81)105)32-24-41-90-76(84)85/h18-19,28-29,45,47-49,53-60,64-65,71,88,92-93,97,110H,6-17,20-27,30-44,46,78H2,1-5H3,(H2,79,103)(H2,80,104)(H2,81,105)(H,94,107)(H,95,112)(H,96,106)(H,98,111)(H,99,113)(H,100,108)(H,101,109)(H4,82,83,89)(H4,84,85,90)(H4,86,87,91). The second-order valence-electron chi connectivity index (χ2n) is 30.2. The number of nitrogens with two attached hydrogens (primary N) is 10. The van der Waals surface area contributed by atoms with Gasteiger partial charge in [0.15, 0.2) is 23.7 Å². The fraction of sp³-hybridized carbons (Fsp3) is 0.714. The van der Waals surface area contributed by atoms with Crippen molar-refractivity contribution < 1.29 is 57.8 Å². The number of nitrogens with zero attached hydrogens (tertiary/aromatic N) is 3. The molecule has 1 saturated carbocycles. The topological polar surface area (TPSA) is 641 Å². The van der Waals surface area contributed by atoms with E-state index >= 15 is 4.79 Å². The quantitative estimate of drug-likeness (QED) is 0.0170. The highest BCUT2D eigenvalue weighted by Gasteiger charge is 2.38. The first-order valence-corrected chi connectivity index (χ1v) is 40.7. The number of H-pyrrole nitrogens is 1. The molecule has 0 saturated heterocycles. The first-order chi connectivity index (χ1) is 53.9. The van der Waals surface area contributed by atoms with Gasteiger partial charge >= 0.3 is 0 Å². The number of hydrogen-bond acceptors (Lipinski definition) is 19. The average Bonchev–Trinajstić information content (AvgIpc) is 1.70. The van der Waals surface area contributed by atoms with Crippen molar-refractivity contribution in [1.82, 2.24) is 58.2 Å². The molecule has 1 aliphatic rings. The van der Waals surface area contributed by atoms with Gasteiger partial charge in [0.05, 0.1) is 24.7 Å². The van der Waals surface area contributed by atoms with Crippen LogP contribution in [-0.2, 0) is 59.2 Å². The highest BCUT2D eigenvalue weighted by Crippen LogP contribution is 2.29. The first kappa shape index (κ1) is 97.9. The number of fused-ring (bicyclic) bond motifs is 1. The van der Waals surface area contributed by atoms with Gasteiger partial charge in [-0.05, 0) is 126 Å². The molecular formula is C77H138N24O12. The molecule has 12 atom stereocenters. The molecule has 2 aromatic rings. The minimum Gasteiger partial charge on any atom is -0.377 e. The van der Waals surface area contributed by atoms with Gasteiger partial charge in [0.25, 0.3) is 0 Å². The molecule has 1 aliphatic carbocycles. The number of rotatable bonds is 62.